The van der Waals surface area contributed by atoms with E-state index in [0.717, 1.165) is 0 Å². The van der Waals surface area contributed by atoms with Gasteiger partial charge in [-0.15, -0.1) is 11.6 Å². The molecule has 0 aliphatic carbocycles. The van der Waals surface area contributed by atoms with Crippen molar-refractivity contribution in [3.63, 3.8) is 0 Å². The number of carbonyl (C=O) groups excluding carboxylic acids is 1. The van der Waals surface area contributed by atoms with Gasteiger partial charge < -0.3 is 10.2 Å². The summed E-state index contributed by atoms with van der Waals surface area (Å²) >= 11 is 5.73. The van der Waals surface area contributed by atoms with Crippen molar-refractivity contribution in [3.05, 3.63) is 24.3 Å². The first-order chi connectivity index (χ1) is 6.63. The monoisotopic (exact) mass is 218 g/mol. The van der Waals surface area contributed by atoms with Crippen LogP contribution in [0, 0.1) is 0 Å². The van der Waals surface area contributed by atoms with Gasteiger partial charge in [0.25, 0.3) is 0 Å². The zero-order chi connectivity index (χ0) is 11.0. The van der Waals surface area contributed by atoms with Gasteiger partial charge >= 0.3 is 0 Å². The van der Waals surface area contributed by atoms with E-state index in [0.29, 0.717) is 12.7 Å². The number of halogens is 1. The van der Waals surface area contributed by atoms with Gasteiger partial charge in [0.2, 0.25) is 0 Å². The van der Waals surface area contributed by atoms with Crippen molar-refractivity contribution < 1.29 is 15.0 Å². The van der Waals surface area contributed by atoms with E-state index in [1.165, 1.54) is 24.3 Å². The number of hydrogen-bond donors (Lipinski definition) is 2. The van der Waals surface area contributed by atoms with E-state index < -0.39 is 17.6 Å². The van der Waals surface area contributed by atoms with Crippen LogP contribution in [0.5, 0.6) is 0 Å². The minimum Gasteiger partial charge on any atom is -0.389 e. The second-order valence-corrected chi connectivity index (χ2v) is 3.37. The summed E-state index contributed by atoms with van der Waals surface area (Å²) in [6.45, 7) is 1.82. The lowest BCUT2D eigenvalue weighted by atomic mass is 10.1. The summed E-state index contributed by atoms with van der Waals surface area (Å²) < 4.78 is 0. The van der Waals surface area contributed by atoms with Gasteiger partial charge in [-0.25, -0.2) is 0 Å². The molecule has 3 atom stereocenters. The molecule has 0 aromatic rings. The highest BCUT2D eigenvalue weighted by atomic mass is 35.5. The molecule has 0 fully saturated rings. The predicted octanol–water partition coefficient (Wildman–Crippen LogP) is 1.04. The molecule has 14 heavy (non-hydrogen) atoms. The fourth-order valence-corrected chi connectivity index (χ4v) is 1.01. The first kappa shape index (κ1) is 13.4. The fraction of sp³-hybridized carbons (Fsp3) is 0.500. The Hall–Kier alpha value is -0.640. The zero-order valence-electron chi connectivity index (χ0n) is 8.01. The van der Waals surface area contributed by atoms with Gasteiger partial charge in [-0.05, 0) is 12.5 Å². The molecule has 80 valence electrons. The lowest BCUT2D eigenvalue weighted by Gasteiger charge is -2.18. The molecule has 4 heteroatoms. The third-order valence-electron chi connectivity index (χ3n) is 1.72. The molecule has 0 spiro atoms. The number of allylic oxidation sites excluding steroid dienone is 3. The molecule has 0 radical (unpaired) electrons. The van der Waals surface area contributed by atoms with Gasteiger partial charge in [0.05, 0.1) is 17.6 Å². The van der Waals surface area contributed by atoms with Gasteiger partial charge in [-0.2, -0.15) is 0 Å². The highest BCUT2D eigenvalue weighted by Crippen LogP contribution is 2.11. The molecular weight excluding hydrogens is 204 g/mol. The maximum absolute atomic E-state index is 9.88. The molecule has 2 N–H and O–H groups in total. The summed E-state index contributed by atoms with van der Waals surface area (Å²) in [7, 11) is 0. The summed E-state index contributed by atoms with van der Waals surface area (Å²) in [5, 5.41) is 18.3. The lowest BCUT2D eigenvalue weighted by molar-refractivity contribution is -0.104. The average Bonchev–Trinajstić information content (AvgIpc) is 2.21. The molecule has 0 saturated carbocycles. The predicted molar refractivity (Wildman–Crippen MR) is 56.3 cm³/mol. The minimum atomic E-state index is -1.01. The van der Waals surface area contributed by atoms with Crippen LogP contribution < -0.4 is 0 Å². The normalized spacial score (nSPS) is 18.6. The summed E-state index contributed by atoms with van der Waals surface area (Å²) in [5.74, 6) is 0. The van der Waals surface area contributed by atoms with Crippen molar-refractivity contribution in [2.75, 3.05) is 0 Å². The van der Waals surface area contributed by atoms with Crippen LogP contribution in [0.3, 0.4) is 0 Å². The van der Waals surface area contributed by atoms with E-state index >= 15 is 0 Å². The van der Waals surface area contributed by atoms with Crippen LogP contribution in [-0.2, 0) is 4.79 Å². The molecular formula is C10H15ClO3. The Morgan fingerprint density at radius 2 is 1.93 bits per heavy atom. The van der Waals surface area contributed by atoms with Gasteiger partial charge in [0, 0.05) is 0 Å². The van der Waals surface area contributed by atoms with Gasteiger partial charge in [-0.3, -0.25) is 4.79 Å². The van der Waals surface area contributed by atoms with Crippen LogP contribution in [0.1, 0.15) is 13.3 Å². The third kappa shape index (κ3) is 5.17. The Morgan fingerprint density at radius 1 is 1.29 bits per heavy atom. The molecule has 0 aromatic carbocycles. The van der Waals surface area contributed by atoms with Crippen LogP contribution >= 0.6 is 11.6 Å². The number of aldehydes is 1. The van der Waals surface area contributed by atoms with E-state index in [4.69, 9.17) is 11.6 Å². The van der Waals surface area contributed by atoms with Crippen LogP contribution in [0.15, 0.2) is 24.3 Å². The molecule has 0 aliphatic heterocycles. The van der Waals surface area contributed by atoms with Crippen molar-refractivity contribution in [1.29, 1.82) is 0 Å². The lowest BCUT2D eigenvalue weighted by Crippen LogP contribution is -2.32. The van der Waals surface area contributed by atoms with Crippen LogP contribution in [-0.4, -0.2) is 34.1 Å². The molecule has 0 heterocycles. The number of hydrogen-bond acceptors (Lipinski definition) is 3. The van der Waals surface area contributed by atoms with Gasteiger partial charge in [0.1, 0.15) is 6.29 Å². The molecule has 3 nitrogen and oxygen atoms in total. The van der Waals surface area contributed by atoms with E-state index in [1.807, 2.05) is 6.92 Å². The molecule has 0 rings (SSSR count). The van der Waals surface area contributed by atoms with Gasteiger partial charge in [-0.1, -0.05) is 25.2 Å². The highest BCUT2D eigenvalue weighted by Gasteiger charge is 2.20. The first-order valence-electron chi connectivity index (χ1n) is 4.42. The first-order valence-corrected chi connectivity index (χ1v) is 4.86. The maximum atomic E-state index is 9.88. The summed E-state index contributed by atoms with van der Waals surface area (Å²) in [4.78, 5) is 9.88. The minimum absolute atomic E-state index is 0.468. The molecule has 3 unspecified atom stereocenters. The summed E-state index contributed by atoms with van der Waals surface area (Å²) in [6, 6.07) is 0. The quantitative estimate of drug-likeness (QED) is 0.303. The van der Waals surface area contributed by atoms with Crippen molar-refractivity contribution in [2.45, 2.75) is 30.9 Å². The average molecular weight is 219 g/mol. The fourth-order valence-electron chi connectivity index (χ4n) is 0.857. The largest absolute Gasteiger partial charge is 0.389 e. The number of carbonyl (C=O) groups is 1. The molecule has 0 aliphatic rings. The Bertz CT molecular complexity index is 213. The Morgan fingerprint density at radius 3 is 2.43 bits per heavy atom. The second-order valence-electron chi connectivity index (χ2n) is 2.81. The molecule has 0 bridgehead atoms. The summed E-state index contributed by atoms with van der Waals surface area (Å²) in [5.41, 5.74) is 0. The molecule has 0 amide bonds. The topological polar surface area (TPSA) is 57.5 Å². The van der Waals surface area contributed by atoms with Crippen molar-refractivity contribution in [3.8, 4) is 0 Å². The number of rotatable bonds is 6. The zero-order valence-corrected chi connectivity index (χ0v) is 8.76. The van der Waals surface area contributed by atoms with Crippen molar-refractivity contribution in [2.24, 2.45) is 0 Å². The number of aliphatic hydroxyl groups excluding tert-OH is 2. The highest BCUT2D eigenvalue weighted by molar-refractivity contribution is 6.21. The van der Waals surface area contributed by atoms with Crippen molar-refractivity contribution in [1.82, 2.24) is 0 Å². The molecule has 0 aromatic heterocycles. The Labute approximate surface area is 88.7 Å². The maximum Gasteiger partial charge on any atom is 0.142 e. The van der Waals surface area contributed by atoms with Crippen LogP contribution in [0.2, 0.25) is 0 Å². The number of aliphatic hydroxyl groups is 2. The van der Waals surface area contributed by atoms with Crippen LogP contribution in [0.25, 0.3) is 0 Å². The number of alkyl halides is 1. The molecule has 0 saturated heterocycles. The second kappa shape index (κ2) is 7.74. The Kier molecular flexibility index (Phi) is 7.38. The smallest absolute Gasteiger partial charge is 0.142 e. The standard InChI is InChI=1S/C10H15ClO3/c1-2-8(11)10(14)9(13)6-4-3-5-7-12/h3-10,13-14H,2H2,1H3/b5-3+,6-4+. The SMILES string of the molecule is CCC(Cl)C(O)C(O)/C=C/C=C/C=O. The Balaban J connectivity index is 4.05. The van der Waals surface area contributed by atoms with E-state index in [-0.39, 0.29) is 0 Å². The summed E-state index contributed by atoms with van der Waals surface area (Å²) in [6.07, 6.45) is 4.85. The van der Waals surface area contributed by atoms with E-state index in [2.05, 4.69) is 0 Å². The van der Waals surface area contributed by atoms with Crippen molar-refractivity contribution >= 4 is 17.9 Å². The van der Waals surface area contributed by atoms with Crippen LogP contribution in [0.4, 0.5) is 0 Å². The van der Waals surface area contributed by atoms with Gasteiger partial charge in [0.15, 0.2) is 0 Å². The van der Waals surface area contributed by atoms with E-state index in [9.17, 15) is 15.0 Å². The van der Waals surface area contributed by atoms with E-state index in [1.54, 1.807) is 0 Å². The third-order valence-corrected chi connectivity index (χ3v) is 2.29.